The van der Waals surface area contributed by atoms with Crippen molar-refractivity contribution in [1.29, 1.82) is 0 Å². The molecule has 1 N–H and O–H groups in total. The van der Waals surface area contributed by atoms with Crippen LogP contribution in [0.15, 0.2) is 48.5 Å². The summed E-state index contributed by atoms with van der Waals surface area (Å²) in [4.78, 5) is 13.4. The zero-order valence-electron chi connectivity index (χ0n) is 9.38. The fourth-order valence-corrected chi connectivity index (χ4v) is 1.99. The smallest absolute Gasteiger partial charge is 0.270 e. The average Bonchev–Trinajstić information content (AvgIpc) is 2.82. The third kappa shape index (κ3) is 1.64. The summed E-state index contributed by atoms with van der Waals surface area (Å²) in [5.74, 6) is 0. The highest BCUT2D eigenvalue weighted by atomic mass is 16.6. The van der Waals surface area contributed by atoms with Crippen LogP contribution in [0.1, 0.15) is 0 Å². The van der Waals surface area contributed by atoms with Gasteiger partial charge in [-0.05, 0) is 11.6 Å². The van der Waals surface area contributed by atoms with Gasteiger partial charge in [-0.15, -0.1) is 0 Å². The number of H-pyrrole nitrogens is 1. The lowest BCUT2D eigenvalue weighted by molar-refractivity contribution is -0.384. The van der Waals surface area contributed by atoms with Crippen molar-refractivity contribution >= 4 is 16.6 Å². The zero-order chi connectivity index (χ0) is 12.5. The summed E-state index contributed by atoms with van der Waals surface area (Å²) >= 11 is 0. The topological polar surface area (TPSA) is 58.9 Å². The number of rotatable bonds is 2. The number of hydrogen-bond acceptors (Lipinski definition) is 2. The van der Waals surface area contributed by atoms with Crippen LogP contribution in [-0.4, -0.2) is 9.91 Å². The average molecular weight is 237 g/mol. The van der Waals surface area contributed by atoms with Crippen LogP contribution in [-0.2, 0) is 0 Å². The van der Waals surface area contributed by atoms with Crippen molar-refractivity contribution in [2.45, 2.75) is 0 Å². The second kappa shape index (κ2) is 4.00. The summed E-state index contributed by atoms with van der Waals surface area (Å²) in [6.45, 7) is 0. The molecule has 18 heavy (non-hydrogen) atoms. The summed E-state index contributed by atoms with van der Waals surface area (Å²) in [5, 5.41) is 11.6. The van der Waals surface area contributed by atoms with Gasteiger partial charge in [0.05, 0.1) is 11.1 Å². The monoisotopic (exact) mass is 237 g/mol. The van der Waals surface area contributed by atoms with E-state index >= 15 is 0 Å². The van der Waals surface area contributed by atoms with Gasteiger partial charge in [-0.1, -0.05) is 30.3 Å². The minimum atomic E-state index is -0.388. The largest absolute Gasteiger partial charge is 0.353 e. The number of nitro groups is 1. The molecule has 2 aromatic carbocycles. The Morgan fingerprint density at radius 2 is 1.89 bits per heavy atom. The fraction of sp³-hybridized carbons (Fsp3) is 0. The number of non-ortho nitro benzene ring substituents is 1. The van der Waals surface area contributed by atoms with E-state index in [-0.39, 0.29) is 10.6 Å². The van der Waals surface area contributed by atoms with Gasteiger partial charge in [-0.25, -0.2) is 0 Å². The van der Waals surface area contributed by atoms with E-state index < -0.39 is 0 Å². The van der Waals surface area contributed by atoms with Crippen LogP contribution >= 0.6 is 0 Å². The molecule has 0 spiro atoms. The van der Waals surface area contributed by atoms with Gasteiger partial charge >= 0.3 is 0 Å². The lowest BCUT2D eigenvalue weighted by Gasteiger charge is -1.98. The van der Waals surface area contributed by atoms with Gasteiger partial charge in [0.2, 0.25) is 0 Å². The predicted octanol–water partition coefficient (Wildman–Crippen LogP) is 3.54. The van der Waals surface area contributed by atoms with Gasteiger partial charge in [-0.2, -0.15) is 0 Å². The second-order valence-electron chi connectivity index (χ2n) is 3.98. The van der Waals surface area contributed by atoms with E-state index in [0.29, 0.717) is 0 Å². The van der Waals surface area contributed by atoms with Crippen LogP contribution in [0, 0.1) is 16.3 Å². The van der Waals surface area contributed by atoms with Gasteiger partial charge in [0.25, 0.3) is 5.69 Å². The maximum Gasteiger partial charge on any atom is 0.270 e. The van der Waals surface area contributed by atoms with E-state index in [9.17, 15) is 10.1 Å². The molecule has 0 fully saturated rings. The molecule has 0 saturated heterocycles. The summed E-state index contributed by atoms with van der Waals surface area (Å²) in [6, 6.07) is 14.5. The Bertz CT molecular complexity index is 717. The minimum absolute atomic E-state index is 0.0904. The molecule has 0 aliphatic heterocycles. The summed E-state index contributed by atoms with van der Waals surface area (Å²) < 4.78 is 0. The van der Waals surface area contributed by atoms with Crippen molar-refractivity contribution in [2.75, 3.05) is 0 Å². The molecule has 0 atom stereocenters. The summed E-state index contributed by atoms with van der Waals surface area (Å²) in [6.07, 6.45) is 3.05. The maximum absolute atomic E-state index is 10.8. The Hall–Kier alpha value is -2.62. The van der Waals surface area contributed by atoms with Crippen molar-refractivity contribution in [3.05, 3.63) is 64.8 Å². The molecule has 0 unspecified atom stereocenters. The highest BCUT2D eigenvalue weighted by Crippen LogP contribution is 2.30. The summed E-state index contributed by atoms with van der Waals surface area (Å²) in [7, 11) is 0. The molecule has 0 amide bonds. The third-order valence-electron chi connectivity index (χ3n) is 2.87. The van der Waals surface area contributed by atoms with E-state index in [2.05, 4.69) is 11.2 Å². The molecule has 87 valence electrons. The second-order valence-corrected chi connectivity index (χ2v) is 3.98. The molecular weight excluding hydrogens is 228 g/mol. The first kappa shape index (κ1) is 10.5. The van der Waals surface area contributed by atoms with Crippen molar-refractivity contribution in [3.8, 4) is 11.1 Å². The SMILES string of the molecule is O=[N+]([O-])c1ccc2[nH][c]c(-c3ccccc3)c2c1. The molecule has 0 aliphatic carbocycles. The Labute approximate surface area is 103 Å². The number of aromatic nitrogens is 1. The third-order valence-corrected chi connectivity index (χ3v) is 2.87. The van der Waals surface area contributed by atoms with E-state index in [1.54, 1.807) is 12.1 Å². The fourth-order valence-electron chi connectivity index (χ4n) is 1.99. The van der Waals surface area contributed by atoms with Crippen LogP contribution in [0.25, 0.3) is 22.0 Å². The van der Waals surface area contributed by atoms with Crippen LogP contribution < -0.4 is 0 Å². The molecule has 1 aromatic heterocycles. The number of nitrogens with zero attached hydrogens (tertiary/aromatic N) is 1. The standard InChI is InChI=1S/C14H9N2O2/c17-16(18)11-6-7-14-12(8-11)13(9-15-14)10-4-2-1-3-5-10/h1-8,15H. The molecule has 1 radical (unpaired) electrons. The number of fused-ring (bicyclic) bond motifs is 1. The molecule has 0 saturated carbocycles. The Morgan fingerprint density at radius 1 is 1.11 bits per heavy atom. The van der Waals surface area contributed by atoms with Crippen LogP contribution in [0.3, 0.4) is 0 Å². The summed E-state index contributed by atoms with van der Waals surface area (Å²) in [5.41, 5.74) is 2.78. The van der Waals surface area contributed by atoms with Crippen molar-refractivity contribution in [3.63, 3.8) is 0 Å². The first-order chi connectivity index (χ1) is 8.75. The minimum Gasteiger partial charge on any atom is -0.353 e. The van der Waals surface area contributed by atoms with Crippen molar-refractivity contribution in [2.24, 2.45) is 0 Å². The Balaban J connectivity index is 2.24. The molecule has 3 aromatic rings. The zero-order valence-corrected chi connectivity index (χ0v) is 9.38. The van der Waals surface area contributed by atoms with Gasteiger partial charge in [0, 0.05) is 28.6 Å². The normalized spacial score (nSPS) is 10.7. The number of benzene rings is 2. The molecule has 3 rings (SSSR count). The van der Waals surface area contributed by atoms with Crippen LogP contribution in [0.4, 0.5) is 5.69 Å². The first-order valence-electron chi connectivity index (χ1n) is 5.49. The van der Waals surface area contributed by atoms with E-state index in [1.165, 1.54) is 6.07 Å². The Kier molecular flexibility index (Phi) is 2.34. The van der Waals surface area contributed by atoms with Gasteiger partial charge in [-0.3, -0.25) is 10.1 Å². The van der Waals surface area contributed by atoms with Gasteiger partial charge < -0.3 is 4.98 Å². The van der Waals surface area contributed by atoms with Gasteiger partial charge in [0.15, 0.2) is 0 Å². The molecule has 1 heterocycles. The lowest BCUT2D eigenvalue weighted by atomic mass is 10.0. The van der Waals surface area contributed by atoms with E-state index in [0.717, 1.165) is 22.0 Å². The molecule has 0 bridgehead atoms. The van der Waals surface area contributed by atoms with E-state index in [4.69, 9.17) is 0 Å². The molecule has 4 heteroatoms. The first-order valence-corrected chi connectivity index (χ1v) is 5.49. The predicted molar refractivity (Wildman–Crippen MR) is 69.2 cm³/mol. The van der Waals surface area contributed by atoms with Crippen molar-refractivity contribution < 1.29 is 4.92 Å². The van der Waals surface area contributed by atoms with Crippen LogP contribution in [0.5, 0.6) is 0 Å². The van der Waals surface area contributed by atoms with Crippen LogP contribution in [0.2, 0.25) is 0 Å². The lowest BCUT2D eigenvalue weighted by Crippen LogP contribution is -1.86. The number of aromatic amines is 1. The molecular formula is C14H9N2O2. The van der Waals surface area contributed by atoms with Gasteiger partial charge in [0.1, 0.15) is 0 Å². The molecule has 0 aliphatic rings. The number of hydrogen-bond donors (Lipinski definition) is 1. The maximum atomic E-state index is 10.8. The highest BCUT2D eigenvalue weighted by molar-refractivity contribution is 5.96. The number of nitro benzene ring substituents is 1. The van der Waals surface area contributed by atoms with E-state index in [1.807, 2.05) is 30.3 Å². The number of nitrogens with one attached hydrogen (secondary N) is 1. The van der Waals surface area contributed by atoms with Crippen molar-refractivity contribution in [1.82, 2.24) is 4.98 Å². The molecule has 4 nitrogen and oxygen atoms in total. The highest BCUT2D eigenvalue weighted by Gasteiger charge is 2.11. The Morgan fingerprint density at radius 3 is 2.61 bits per heavy atom. The quantitative estimate of drug-likeness (QED) is 0.547.